The Hall–Kier alpha value is -1.14. The third-order valence-corrected chi connectivity index (χ3v) is 4.64. The van der Waals surface area contributed by atoms with Gasteiger partial charge in [0.2, 0.25) is 5.12 Å². The van der Waals surface area contributed by atoms with Crippen LogP contribution in [0.3, 0.4) is 0 Å². The molecule has 0 aliphatic carbocycles. The van der Waals surface area contributed by atoms with E-state index in [0.29, 0.717) is 5.25 Å². The highest BCUT2D eigenvalue weighted by atomic mass is 32.2. The average Bonchev–Trinajstić information content (AvgIpc) is 3.26. The van der Waals surface area contributed by atoms with Crippen molar-refractivity contribution in [2.75, 3.05) is 18.1 Å². The van der Waals surface area contributed by atoms with Crippen molar-refractivity contribution in [2.45, 2.75) is 11.9 Å². The first kappa shape index (κ1) is 14.3. The zero-order chi connectivity index (χ0) is 13.5. The second kappa shape index (κ2) is 7.45. The topological polar surface area (TPSA) is 55.4 Å². The summed E-state index contributed by atoms with van der Waals surface area (Å²) in [5.74, 6) is 1.98. The largest absolute Gasteiger partial charge is 0.445 e. The van der Waals surface area contributed by atoms with Crippen LogP contribution in [0.5, 0.6) is 0 Å². The summed E-state index contributed by atoms with van der Waals surface area (Å²) in [6, 6.07) is 9.42. The van der Waals surface area contributed by atoms with Crippen molar-refractivity contribution < 1.29 is 14.3 Å². The minimum absolute atomic E-state index is 0.0235. The molecule has 0 saturated carbocycles. The smallest absolute Gasteiger partial charge is 0.407 e. The standard InChI is InChI=1S/C13H15NO3S2/c15-12(19-9-11-8-18-11)6-14-13(16)17-7-10-4-2-1-3-5-10/h1-5,11H,6-9H2,(H,14,16). The molecule has 1 heterocycles. The molecule has 1 unspecified atom stereocenters. The molecule has 1 aromatic carbocycles. The van der Waals surface area contributed by atoms with Gasteiger partial charge in [-0.1, -0.05) is 42.1 Å². The monoisotopic (exact) mass is 297 g/mol. The van der Waals surface area contributed by atoms with Crippen molar-refractivity contribution in [1.29, 1.82) is 0 Å². The van der Waals surface area contributed by atoms with E-state index in [9.17, 15) is 9.59 Å². The molecule has 2 rings (SSSR count). The summed E-state index contributed by atoms with van der Waals surface area (Å²) in [5.41, 5.74) is 0.920. The van der Waals surface area contributed by atoms with E-state index in [-0.39, 0.29) is 18.3 Å². The van der Waals surface area contributed by atoms with E-state index < -0.39 is 6.09 Å². The van der Waals surface area contributed by atoms with E-state index in [1.807, 2.05) is 42.1 Å². The first-order valence-electron chi connectivity index (χ1n) is 5.96. The fourth-order valence-electron chi connectivity index (χ4n) is 1.32. The predicted molar refractivity (Wildman–Crippen MR) is 78.3 cm³/mol. The van der Waals surface area contributed by atoms with Crippen molar-refractivity contribution >= 4 is 34.7 Å². The third kappa shape index (κ3) is 6.02. The van der Waals surface area contributed by atoms with Gasteiger partial charge in [0, 0.05) is 16.8 Å². The van der Waals surface area contributed by atoms with Crippen LogP contribution in [-0.4, -0.2) is 34.5 Å². The maximum absolute atomic E-state index is 11.4. The normalized spacial score (nSPS) is 16.7. The van der Waals surface area contributed by atoms with Gasteiger partial charge in [-0.15, -0.1) is 0 Å². The minimum atomic E-state index is -0.557. The van der Waals surface area contributed by atoms with E-state index in [0.717, 1.165) is 17.1 Å². The van der Waals surface area contributed by atoms with Crippen LogP contribution in [-0.2, 0) is 16.1 Å². The van der Waals surface area contributed by atoms with Crippen LogP contribution in [0.15, 0.2) is 30.3 Å². The molecule has 1 aromatic rings. The molecule has 6 heteroatoms. The van der Waals surface area contributed by atoms with Crippen molar-refractivity contribution in [3.63, 3.8) is 0 Å². The highest BCUT2D eigenvalue weighted by molar-refractivity contribution is 8.15. The number of ether oxygens (including phenoxy) is 1. The lowest BCUT2D eigenvalue weighted by Crippen LogP contribution is -2.29. The Morgan fingerprint density at radius 1 is 1.37 bits per heavy atom. The van der Waals surface area contributed by atoms with Crippen LogP contribution in [0, 0.1) is 0 Å². The number of hydrogen-bond donors (Lipinski definition) is 1. The Kier molecular flexibility index (Phi) is 5.60. The van der Waals surface area contributed by atoms with Gasteiger partial charge < -0.3 is 10.1 Å². The molecule has 1 fully saturated rings. The Bertz CT molecular complexity index is 435. The van der Waals surface area contributed by atoms with Gasteiger partial charge in [-0.25, -0.2) is 4.79 Å². The lowest BCUT2D eigenvalue weighted by Gasteiger charge is -2.06. The van der Waals surface area contributed by atoms with Crippen molar-refractivity contribution in [2.24, 2.45) is 0 Å². The summed E-state index contributed by atoms with van der Waals surface area (Å²) >= 11 is 3.13. The average molecular weight is 297 g/mol. The Labute approximate surface area is 120 Å². The molecule has 0 radical (unpaired) electrons. The maximum atomic E-state index is 11.4. The molecule has 4 nitrogen and oxygen atoms in total. The number of carbonyl (C=O) groups is 2. The Morgan fingerprint density at radius 3 is 2.79 bits per heavy atom. The minimum Gasteiger partial charge on any atom is -0.445 e. The molecule has 1 atom stereocenters. The van der Waals surface area contributed by atoms with Gasteiger partial charge in [-0.3, -0.25) is 4.79 Å². The number of rotatable bonds is 6. The summed E-state index contributed by atoms with van der Waals surface area (Å²) in [6.45, 7) is 0.238. The van der Waals surface area contributed by atoms with E-state index >= 15 is 0 Å². The van der Waals surface area contributed by atoms with Gasteiger partial charge in [0.15, 0.2) is 0 Å². The van der Waals surface area contributed by atoms with Crippen LogP contribution in [0.1, 0.15) is 5.56 Å². The molecule has 1 aliphatic rings. The molecular formula is C13H15NO3S2. The van der Waals surface area contributed by atoms with Crippen LogP contribution >= 0.6 is 23.5 Å². The summed E-state index contributed by atoms with van der Waals surface area (Å²) in [5, 5.41) is 3.06. The van der Waals surface area contributed by atoms with Crippen LogP contribution in [0.25, 0.3) is 0 Å². The third-order valence-electron chi connectivity index (χ3n) is 2.42. The molecular weight excluding hydrogens is 282 g/mol. The molecule has 19 heavy (non-hydrogen) atoms. The lowest BCUT2D eigenvalue weighted by atomic mass is 10.2. The summed E-state index contributed by atoms with van der Waals surface area (Å²) in [4.78, 5) is 22.8. The fraction of sp³-hybridized carbons (Fsp3) is 0.385. The van der Waals surface area contributed by atoms with Gasteiger partial charge >= 0.3 is 6.09 Å². The quantitative estimate of drug-likeness (QED) is 0.816. The summed E-state index contributed by atoms with van der Waals surface area (Å²) < 4.78 is 5.00. The highest BCUT2D eigenvalue weighted by Crippen LogP contribution is 2.32. The number of thioether (sulfide) groups is 2. The summed E-state index contributed by atoms with van der Waals surface area (Å²) in [7, 11) is 0. The van der Waals surface area contributed by atoms with Gasteiger partial charge in [-0.05, 0) is 5.56 Å². The SMILES string of the molecule is O=C(NCC(=O)SCC1CS1)OCc1ccccc1. The number of benzene rings is 1. The number of hydrogen-bond acceptors (Lipinski definition) is 5. The molecule has 0 spiro atoms. The van der Waals surface area contributed by atoms with Gasteiger partial charge in [0.05, 0.1) is 6.54 Å². The van der Waals surface area contributed by atoms with Crippen molar-refractivity contribution in [3.05, 3.63) is 35.9 Å². The molecule has 0 aromatic heterocycles. The first-order valence-corrected chi connectivity index (χ1v) is 7.99. The first-order chi connectivity index (χ1) is 9.24. The van der Waals surface area contributed by atoms with Gasteiger partial charge in [0.1, 0.15) is 6.61 Å². The molecule has 1 aliphatic heterocycles. The highest BCUT2D eigenvalue weighted by Gasteiger charge is 2.23. The van der Waals surface area contributed by atoms with Gasteiger partial charge in [0.25, 0.3) is 0 Å². The number of amides is 1. The number of carbonyl (C=O) groups excluding carboxylic acids is 2. The lowest BCUT2D eigenvalue weighted by molar-refractivity contribution is -0.110. The van der Waals surface area contributed by atoms with E-state index in [1.165, 1.54) is 11.8 Å². The molecule has 1 saturated heterocycles. The molecule has 0 bridgehead atoms. The zero-order valence-corrected chi connectivity index (χ0v) is 12.0. The van der Waals surface area contributed by atoms with Crippen molar-refractivity contribution in [3.8, 4) is 0 Å². The molecule has 1 amide bonds. The fourth-order valence-corrected chi connectivity index (χ4v) is 2.98. The van der Waals surface area contributed by atoms with Crippen LogP contribution in [0.2, 0.25) is 0 Å². The van der Waals surface area contributed by atoms with Gasteiger partial charge in [-0.2, -0.15) is 11.8 Å². The maximum Gasteiger partial charge on any atom is 0.407 e. The zero-order valence-electron chi connectivity index (χ0n) is 10.3. The number of nitrogens with one attached hydrogen (secondary N) is 1. The summed E-state index contributed by atoms with van der Waals surface area (Å²) in [6.07, 6.45) is -0.557. The second-order valence-corrected chi connectivity index (χ2v) is 6.46. The molecule has 1 N–H and O–H groups in total. The van der Waals surface area contributed by atoms with Crippen molar-refractivity contribution in [1.82, 2.24) is 5.32 Å². The van der Waals surface area contributed by atoms with E-state index in [2.05, 4.69) is 5.32 Å². The van der Waals surface area contributed by atoms with E-state index in [1.54, 1.807) is 0 Å². The Balaban J connectivity index is 1.57. The second-order valence-electron chi connectivity index (χ2n) is 4.05. The predicted octanol–water partition coefficient (Wildman–Crippen LogP) is 2.29. The van der Waals surface area contributed by atoms with Crippen LogP contribution in [0.4, 0.5) is 4.79 Å². The Morgan fingerprint density at radius 2 is 2.11 bits per heavy atom. The van der Waals surface area contributed by atoms with E-state index in [4.69, 9.17) is 4.74 Å². The molecule has 102 valence electrons. The van der Waals surface area contributed by atoms with Crippen LogP contribution < -0.4 is 5.32 Å². The number of alkyl carbamates (subject to hydrolysis) is 1.